The highest BCUT2D eigenvalue weighted by atomic mass is 16.5. The summed E-state index contributed by atoms with van der Waals surface area (Å²) in [6.07, 6.45) is 3.88. The Labute approximate surface area is 85.4 Å². The largest absolute Gasteiger partial charge is 0.394 e. The van der Waals surface area contributed by atoms with E-state index in [4.69, 9.17) is 20.3 Å². The molecule has 0 amide bonds. The molecule has 0 heterocycles. The van der Waals surface area contributed by atoms with Crippen LogP contribution < -0.4 is 5.73 Å². The van der Waals surface area contributed by atoms with E-state index in [0.717, 1.165) is 13.0 Å². The van der Waals surface area contributed by atoms with Crippen LogP contribution in [0.1, 0.15) is 19.3 Å². The van der Waals surface area contributed by atoms with E-state index in [1.165, 1.54) is 12.8 Å². The van der Waals surface area contributed by atoms with Crippen molar-refractivity contribution in [1.82, 2.24) is 0 Å². The maximum absolute atomic E-state index is 8.47. The topological polar surface area (TPSA) is 64.7 Å². The van der Waals surface area contributed by atoms with Gasteiger partial charge in [0, 0.05) is 0 Å². The SMILES string of the molecule is NCC1CCCC1OCCOCCO. The highest BCUT2D eigenvalue weighted by Crippen LogP contribution is 2.27. The van der Waals surface area contributed by atoms with E-state index in [0.29, 0.717) is 31.8 Å². The molecule has 4 heteroatoms. The molecule has 1 rings (SSSR count). The van der Waals surface area contributed by atoms with Gasteiger partial charge in [-0.2, -0.15) is 0 Å². The molecule has 0 aromatic carbocycles. The summed E-state index contributed by atoms with van der Waals surface area (Å²) in [7, 11) is 0. The average Bonchev–Trinajstić information content (AvgIpc) is 2.65. The minimum absolute atomic E-state index is 0.0782. The van der Waals surface area contributed by atoms with Gasteiger partial charge in [0.15, 0.2) is 0 Å². The van der Waals surface area contributed by atoms with E-state index in [1.807, 2.05) is 0 Å². The van der Waals surface area contributed by atoms with E-state index in [9.17, 15) is 0 Å². The van der Waals surface area contributed by atoms with Crippen molar-refractivity contribution in [1.29, 1.82) is 0 Å². The summed E-state index contributed by atoms with van der Waals surface area (Å²) in [5, 5.41) is 8.47. The Bertz CT molecular complexity index is 143. The summed E-state index contributed by atoms with van der Waals surface area (Å²) < 4.78 is 10.8. The van der Waals surface area contributed by atoms with Crippen LogP contribution in [0.3, 0.4) is 0 Å². The Kier molecular flexibility index (Phi) is 6.10. The third kappa shape index (κ3) is 3.92. The van der Waals surface area contributed by atoms with Gasteiger partial charge in [0.1, 0.15) is 0 Å². The van der Waals surface area contributed by atoms with E-state index in [1.54, 1.807) is 0 Å². The standard InChI is InChI=1S/C10H21NO3/c11-8-9-2-1-3-10(9)14-7-6-13-5-4-12/h9-10,12H,1-8,11H2. The van der Waals surface area contributed by atoms with Crippen LogP contribution in [0, 0.1) is 5.92 Å². The normalized spacial score (nSPS) is 27.0. The first-order valence-corrected chi connectivity index (χ1v) is 5.38. The van der Waals surface area contributed by atoms with E-state index < -0.39 is 0 Å². The summed E-state index contributed by atoms with van der Waals surface area (Å²) >= 11 is 0. The van der Waals surface area contributed by atoms with Crippen LogP contribution in [-0.4, -0.2) is 44.2 Å². The van der Waals surface area contributed by atoms with Crippen LogP contribution in [0.5, 0.6) is 0 Å². The molecule has 0 radical (unpaired) electrons. The predicted molar refractivity (Wildman–Crippen MR) is 54.0 cm³/mol. The zero-order valence-electron chi connectivity index (χ0n) is 8.65. The number of hydrogen-bond acceptors (Lipinski definition) is 4. The van der Waals surface area contributed by atoms with Gasteiger partial charge in [0.2, 0.25) is 0 Å². The van der Waals surface area contributed by atoms with E-state index in [-0.39, 0.29) is 6.61 Å². The molecule has 1 aliphatic carbocycles. The zero-order valence-corrected chi connectivity index (χ0v) is 8.65. The third-order valence-electron chi connectivity index (χ3n) is 2.69. The maximum atomic E-state index is 8.47. The molecule has 3 N–H and O–H groups in total. The lowest BCUT2D eigenvalue weighted by Gasteiger charge is -2.18. The van der Waals surface area contributed by atoms with Crippen molar-refractivity contribution in [2.45, 2.75) is 25.4 Å². The van der Waals surface area contributed by atoms with Crippen LogP contribution in [-0.2, 0) is 9.47 Å². The number of aliphatic hydroxyl groups excluding tert-OH is 1. The molecule has 2 atom stereocenters. The minimum atomic E-state index is 0.0782. The van der Waals surface area contributed by atoms with Gasteiger partial charge >= 0.3 is 0 Å². The average molecular weight is 203 g/mol. The lowest BCUT2D eigenvalue weighted by atomic mass is 10.1. The molecule has 84 valence electrons. The second-order valence-corrected chi connectivity index (χ2v) is 3.67. The zero-order chi connectivity index (χ0) is 10.2. The molecule has 0 aromatic heterocycles. The fourth-order valence-corrected chi connectivity index (χ4v) is 1.92. The number of ether oxygens (including phenoxy) is 2. The summed E-state index contributed by atoms with van der Waals surface area (Å²) in [6.45, 7) is 2.38. The lowest BCUT2D eigenvalue weighted by Crippen LogP contribution is -2.26. The number of nitrogens with two attached hydrogens (primary N) is 1. The summed E-state index contributed by atoms with van der Waals surface area (Å²) in [4.78, 5) is 0. The van der Waals surface area contributed by atoms with E-state index >= 15 is 0 Å². The van der Waals surface area contributed by atoms with Crippen molar-refractivity contribution in [3.63, 3.8) is 0 Å². The second kappa shape index (κ2) is 7.17. The molecule has 0 aromatic rings. The maximum Gasteiger partial charge on any atom is 0.0704 e. The highest BCUT2D eigenvalue weighted by Gasteiger charge is 2.26. The van der Waals surface area contributed by atoms with Crippen LogP contribution >= 0.6 is 0 Å². The monoisotopic (exact) mass is 203 g/mol. The Morgan fingerprint density at radius 2 is 2.07 bits per heavy atom. The summed E-state index contributed by atoms with van der Waals surface area (Å²) in [5.74, 6) is 0.535. The van der Waals surface area contributed by atoms with Crippen LogP contribution in [0.15, 0.2) is 0 Å². The van der Waals surface area contributed by atoms with Gasteiger partial charge in [-0.05, 0) is 25.3 Å². The molecular weight excluding hydrogens is 182 g/mol. The van der Waals surface area contributed by atoms with E-state index in [2.05, 4.69) is 0 Å². The van der Waals surface area contributed by atoms with Crippen molar-refractivity contribution in [2.24, 2.45) is 11.7 Å². The highest BCUT2D eigenvalue weighted by molar-refractivity contribution is 4.78. The van der Waals surface area contributed by atoms with Crippen molar-refractivity contribution in [3.05, 3.63) is 0 Å². The second-order valence-electron chi connectivity index (χ2n) is 3.67. The molecule has 0 bridgehead atoms. The van der Waals surface area contributed by atoms with Crippen molar-refractivity contribution in [2.75, 3.05) is 33.0 Å². The predicted octanol–water partition coefficient (Wildman–Crippen LogP) is 0.139. The Morgan fingerprint density at radius 1 is 1.21 bits per heavy atom. The first kappa shape index (κ1) is 11.9. The molecule has 0 aliphatic heterocycles. The van der Waals surface area contributed by atoms with Crippen LogP contribution in [0.25, 0.3) is 0 Å². The van der Waals surface area contributed by atoms with Gasteiger partial charge < -0.3 is 20.3 Å². The number of aliphatic hydroxyl groups is 1. The fraction of sp³-hybridized carbons (Fsp3) is 1.00. The molecule has 1 saturated carbocycles. The van der Waals surface area contributed by atoms with Gasteiger partial charge in [-0.25, -0.2) is 0 Å². The first-order valence-electron chi connectivity index (χ1n) is 5.38. The molecule has 0 spiro atoms. The Morgan fingerprint density at radius 3 is 2.79 bits per heavy atom. The van der Waals surface area contributed by atoms with Gasteiger partial charge in [-0.1, -0.05) is 6.42 Å². The molecular formula is C10H21NO3. The summed E-state index contributed by atoms with van der Waals surface area (Å²) in [5.41, 5.74) is 5.63. The van der Waals surface area contributed by atoms with Gasteiger partial charge in [-0.3, -0.25) is 0 Å². The summed E-state index contributed by atoms with van der Waals surface area (Å²) in [6, 6.07) is 0. The Balaban J connectivity index is 2.00. The van der Waals surface area contributed by atoms with Crippen molar-refractivity contribution in [3.8, 4) is 0 Å². The molecule has 0 saturated heterocycles. The molecule has 2 unspecified atom stereocenters. The number of rotatable bonds is 7. The van der Waals surface area contributed by atoms with Crippen LogP contribution in [0.2, 0.25) is 0 Å². The molecule has 1 fully saturated rings. The fourth-order valence-electron chi connectivity index (χ4n) is 1.92. The lowest BCUT2D eigenvalue weighted by molar-refractivity contribution is -0.0149. The number of hydrogen-bond donors (Lipinski definition) is 2. The quantitative estimate of drug-likeness (QED) is 0.578. The third-order valence-corrected chi connectivity index (χ3v) is 2.69. The van der Waals surface area contributed by atoms with Gasteiger partial charge in [0.05, 0.1) is 32.5 Å². The Hall–Kier alpha value is -0.160. The van der Waals surface area contributed by atoms with Gasteiger partial charge in [-0.15, -0.1) is 0 Å². The van der Waals surface area contributed by atoms with Gasteiger partial charge in [0.25, 0.3) is 0 Å². The molecule has 1 aliphatic rings. The molecule has 4 nitrogen and oxygen atoms in total. The van der Waals surface area contributed by atoms with Crippen molar-refractivity contribution >= 4 is 0 Å². The van der Waals surface area contributed by atoms with Crippen molar-refractivity contribution < 1.29 is 14.6 Å². The smallest absolute Gasteiger partial charge is 0.0704 e. The first-order chi connectivity index (χ1) is 6.88. The molecule has 14 heavy (non-hydrogen) atoms. The van der Waals surface area contributed by atoms with Crippen LogP contribution in [0.4, 0.5) is 0 Å². The minimum Gasteiger partial charge on any atom is -0.394 e.